The van der Waals surface area contributed by atoms with E-state index in [1.165, 1.54) is 0 Å². The number of hydrogen-bond donors (Lipinski definition) is 2. The van der Waals surface area contributed by atoms with E-state index in [2.05, 4.69) is 9.68 Å². The maximum atomic E-state index is 5.51. The van der Waals surface area contributed by atoms with Gasteiger partial charge in [0.25, 0.3) is 0 Å². The molecule has 1 unspecified atom stereocenters. The van der Waals surface area contributed by atoms with E-state index in [0.29, 0.717) is 12.3 Å². The number of nitrogens with two attached hydrogens (primary N) is 2. The third kappa shape index (κ3) is 1.73. The zero-order chi connectivity index (χ0) is 7.56. The summed E-state index contributed by atoms with van der Waals surface area (Å²) < 4.78 is 4.64. The molecule has 4 heteroatoms. The molecule has 0 bridgehead atoms. The van der Waals surface area contributed by atoms with Crippen molar-refractivity contribution in [2.24, 2.45) is 5.73 Å². The minimum Gasteiger partial charge on any atom is -0.368 e. The van der Waals surface area contributed by atoms with Gasteiger partial charge in [-0.1, -0.05) is 5.16 Å². The van der Waals surface area contributed by atoms with Gasteiger partial charge in [0.2, 0.25) is 5.88 Å². The quantitative estimate of drug-likeness (QED) is 0.614. The maximum absolute atomic E-state index is 5.51. The largest absolute Gasteiger partial charge is 0.368 e. The van der Waals surface area contributed by atoms with Crippen LogP contribution in [0.3, 0.4) is 0 Å². The number of aromatic nitrogens is 1. The van der Waals surface area contributed by atoms with Crippen molar-refractivity contribution < 1.29 is 4.52 Å². The van der Waals surface area contributed by atoms with Gasteiger partial charge in [-0.05, 0) is 6.92 Å². The van der Waals surface area contributed by atoms with Gasteiger partial charge >= 0.3 is 0 Å². The van der Waals surface area contributed by atoms with Crippen molar-refractivity contribution >= 4 is 5.88 Å². The highest BCUT2D eigenvalue weighted by atomic mass is 16.5. The van der Waals surface area contributed by atoms with E-state index in [-0.39, 0.29) is 6.04 Å². The molecule has 1 aromatic rings. The molecule has 56 valence electrons. The maximum Gasteiger partial charge on any atom is 0.222 e. The summed E-state index contributed by atoms with van der Waals surface area (Å²) in [4.78, 5) is 0. The van der Waals surface area contributed by atoms with Crippen molar-refractivity contribution in [3.63, 3.8) is 0 Å². The molecule has 1 heterocycles. The fourth-order valence-corrected chi connectivity index (χ4v) is 0.754. The van der Waals surface area contributed by atoms with Crippen LogP contribution in [0.25, 0.3) is 0 Å². The van der Waals surface area contributed by atoms with Gasteiger partial charge in [-0.15, -0.1) is 0 Å². The van der Waals surface area contributed by atoms with Gasteiger partial charge in [-0.25, -0.2) is 0 Å². The Morgan fingerprint density at radius 2 is 2.50 bits per heavy atom. The Labute approximate surface area is 59.2 Å². The van der Waals surface area contributed by atoms with Crippen LogP contribution in [-0.2, 0) is 6.42 Å². The predicted octanol–water partition coefficient (Wildman–Crippen LogP) is 0.146. The summed E-state index contributed by atoms with van der Waals surface area (Å²) in [5.41, 5.74) is 11.6. The van der Waals surface area contributed by atoms with Crippen LogP contribution in [0, 0.1) is 0 Å². The first kappa shape index (κ1) is 7.08. The van der Waals surface area contributed by atoms with Gasteiger partial charge in [-0.3, -0.25) is 0 Å². The molecule has 4 nitrogen and oxygen atoms in total. The first-order chi connectivity index (χ1) is 4.68. The van der Waals surface area contributed by atoms with Crippen molar-refractivity contribution in [3.05, 3.63) is 11.8 Å². The zero-order valence-electron chi connectivity index (χ0n) is 5.87. The standard InChI is InChI=1S/C6H11N3O/c1-4(7)2-5-3-6(8)10-9-5/h3-4H,2,7-8H2,1H3. The molecule has 0 saturated heterocycles. The Morgan fingerprint density at radius 1 is 1.80 bits per heavy atom. The molecule has 0 amide bonds. The van der Waals surface area contributed by atoms with E-state index in [1.807, 2.05) is 6.92 Å². The van der Waals surface area contributed by atoms with Gasteiger partial charge in [-0.2, -0.15) is 0 Å². The van der Waals surface area contributed by atoms with Crippen LogP contribution >= 0.6 is 0 Å². The molecule has 0 aliphatic rings. The molecule has 1 rings (SSSR count). The molecule has 10 heavy (non-hydrogen) atoms. The van der Waals surface area contributed by atoms with Crippen LogP contribution in [0.5, 0.6) is 0 Å². The Balaban J connectivity index is 2.58. The molecular formula is C6H11N3O. The van der Waals surface area contributed by atoms with Gasteiger partial charge in [0.1, 0.15) is 0 Å². The van der Waals surface area contributed by atoms with Crippen molar-refractivity contribution in [3.8, 4) is 0 Å². The van der Waals surface area contributed by atoms with Gasteiger partial charge in [0.15, 0.2) is 0 Å². The SMILES string of the molecule is CC(N)Cc1cc(N)on1. The molecule has 0 fully saturated rings. The van der Waals surface area contributed by atoms with Gasteiger partial charge in [0, 0.05) is 18.5 Å². The summed E-state index contributed by atoms with van der Waals surface area (Å²) in [5, 5.41) is 3.68. The first-order valence-electron chi connectivity index (χ1n) is 3.15. The van der Waals surface area contributed by atoms with Crippen molar-refractivity contribution in [1.29, 1.82) is 0 Å². The first-order valence-corrected chi connectivity index (χ1v) is 3.15. The Morgan fingerprint density at radius 3 is 2.90 bits per heavy atom. The minimum atomic E-state index is 0.101. The highest BCUT2D eigenvalue weighted by Gasteiger charge is 2.02. The number of rotatable bonds is 2. The highest BCUT2D eigenvalue weighted by Crippen LogP contribution is 2.05. The molecule has 0 aliphatic heterocycles. The fraction of sp³-hybridized carbons (Fsp3) is 0.500. The normalized spacial score (nSPS) is 13.4. The Bertz CT molecular complexity index is 207. The molecule has 0 aliphatic carbocycles. The van der Waals surface area contributed by atoms with E-state index in [9.17, 15) is 0 Å². The van der Waals surface area contributed by atoms with E-state index >= 15 is 0 Å². The van der Waals surface area contributed by atoms with E-state index in [1.54, 1.807) is 6.07 Å². The summed E-state index contributed by atoms with van der Waals surface area (Å²) >= 11 is 0. The van der Waals surface area contributed by atoms with Crippen molar-refractivity contribution in [1.82, 2.24) is 5.16 Å². The second kappa shape index (κ2) is 2.70. The number of anilines is 1. The van der Waals surface area contributed by atoms with Gasteiger partial charge < -0.3 is 16.0 Å². The van der Waals surface area contributed by atoms with Crippen LogP contribution in [0.4, 0.5) is 5.88 Å². The zero-order valence-corrected chi connectivity index (χ0v) is 5.87. The second-order valence-corrected chi connectivity index (χ2v) is 2.40. The summed E-state index contributed by atoms with van der Waals surface area (Å²) in [6.07, 6.45) is 0.709. The molecule has 0 radical (unpaired) electrons. The summed E-state index contributed by atoms with van der Waals surface area (Å²) in [5.74, 6) is 0.343. The molecule has 1 atom stereocenters. The topological polar surface area (TPSA) is 78.1 Å². The molecule has 0 aromatic carbocycles. The second-order valence-electron chi connectivity index (χ2n) is 2.40. The summed E-state index contributed by atoms with van der Waals surface area (Å²) in [6, 6.07) is 1.79. The summed E-state index contributed by atoms with van der Waals surface area (Å²) in [6.45, 7) is 1.91. The highest BCUT2D eigenvalue weighted by molar-refractivity contribution is 5.24. The lowest BCUT2D eigenvalue weighted by Gasteiger charge is -1.97. The van der Waals surface area contributed by atoms with Crippen LogP contribution < -0.4 is 11.5 Å². The lowest BCUT2D eigenvalue weighted by Crippen LogP contribution is -2.17. The fourth-order valence-electron chi connectivity index (χ4n) is 0.754. The molecule has 0 spiro atoms. The average Bonchev–Trinajstić information content (AvgIpc) is 2.13. The Kier molecular flexibility index (Phi) is 1.91. The lowest BCUT2D eigenvalue weighted by molar-refractivity contribution is 0.425. The van der Waals surface area contributed by atoms with E-state index in [0.717, 1.165) is 5.69 Å². The predicted molar refractivity (Wildman–Crippen MR) is 38.3 cm³/mol. The van der Waals surface area contributed by atoms with E-state index in [4.69, 9.17) is 11.5 Å². The monoisotopic (exact) mass is 141 g/mol. The molecule has 4 N–H and O–H groups in total. The third-order valence-corrected chi connectivity index (χ3v) is 1.11. The minimum absolute atomic E-state index is 0.101. The number of hydrogen-bond acceptors (Lipinski definition) is 4. The van der Waals surface area contributed by atoms with Crippen molar-refractivity contribution in [2.75, 3.05) is 5.73 Å². The smallest absolute Gasteiger partial charge is 0.222 e. The molecular weight excluding hydrogens is 130 g/mol. The lowest BCUT2D eigenvalue weighted by atomic mass is 10.2. The van der Waals surface area contributed by atoms with Crippen LogP contribution in [0.2, 0.25) is 0 Å². The van der Waals surface area contributed by atoms with Crippen LogP contribution in [0.15, 0.2) is 10.6 Å². The van der Waals surface area contributed by atoms with E-state index < -0.39 is 0 Å². The average molecular weight is 141 g/mol. The third-order valence-electron chi connectivity index (χ3n) is 1.11. The van der Waals surface area contributed by atoms with Crippen LogP contribution in [0.1, 0.15) is 12.6 Å². The molecule has 1 aromatic heterocycles. The number of nitrogen functional groups attached to an aromatic ring is 1. The van der Waals surface area contributed by atoms with Crippen LogP contribution in [-0.4, -0.2) is 11.2 Å². The number of nitrogens with zero attached hydrogens (tertiary/aromatic N) is 1. The Hall–Kier alpha value is -1.03. The van der Waals surface area contributed by atoms with Gasteiger partial charge in [0.05, 0.1) is 5.69 Å². The van der Waals surface area contributed by atoms with Crippen molar-refractivity contribution in [2.45, 2.75) is 19.4 Å². The molecule has 0 saturated carbocycles. The summed E-state index contributed by atoms with van der Waals surface area (Å²) in [7, 11) is 0.